The summed E-state index contributed by atoms with van der Waals surface area (Å²) in [5.74, 6) is -1.75. The first-order valence-corrected chi connectivity index (χ1v) is 7.26. The lowest BCUT2D eigenvalue weighted by Gasteiger charge is -2.07. The van der Waals surface area contributed by atoms with Crippen molar-refractivity contribution in [3.63, 3.8) is 0 Å². The van der Waals surface area contributed by atoms with Gasteiger partial charge in [0, 0.05) is 11.6 Å². The fourth-order valence-corrected chi connectivity index (χ4v) is 2.35. The maximum Gasteiger partial charge on any atom is 0.342 e. The summed E-state index contributed by atoms with van der Waals surface area (Å²) in [6.07, 6.45) is 0. The van der Waals surface area contributed by atoms with E-state index in [4.69, 9.17) is 4.74 Å². The van der Waals surface area contributed by atoms with E-state index < -0.39 is 18.3 Å². The third-order valence-corrected chi connectivity index (χ3v) is 3.61. The van der Waals surface area contributed by atoms with Gasteiger partial charge < -0.3 is 14.9 Å². The number of carbonyl (C=O) groups excluding carboxylic acids is 2. The first-order valence-electron chi connectivity index (χ1n) is 7.26. The molecular weight excluding hydrogens is 308 g/mol. The normalized spacial score (nSPS) is 10.5. The molecule has 3 rings (SSSR count). The number of carbonyl (C=O) groups is 2. The van der Waals surface area contributed by atoms with Crippen molar-refractivity contribution < 1.29 is 24.5 Å². The Morgan fingerprint density at radius 1 is 0.875 bits per heavy atom. The monoisotopic (exact) mass is 322 g/mol. The van der Waals surface area contributed by atoms with E-state index in [1.165, 1.54) is 12.1 Å². The molecule has 0 radical (unpaired) electrons. The number of ether oxygens (including phenoxy) is 1. The van der Waals surface area contributed by atoms with Crippen LogP contribution in [0, 0.1) is 0 Å². The van der Waals surface area contributed by atoms with Crippen LogP contribution >= 0.6 is 0 Å². The molecule has 0 aliphatic heterocycles. The predicted molar refractivity (Wildman–Crippen MR) is 88.3 cm³/mol. The van der Waals surface area contributed by atoms with Crippen molar-refractivity contribution in [3.05, 3.63) is 71.8 Å². The standard InChI is InChI=1S/C19H14O5/c20-15-7-8-16(17(21)10-15)19(23)24-11-18(22)14-6-5-12-3-1-2-4-13(12)9-14/h1-10,20-21H,11H2. The van der Waals surface area contributed by atoms with Gasteiger partial charge in [-0.15, -0.1) is 0 Å². The minimum Gasteiger partial charge on any atom is -0.508 e. The zero-order valence-corrected chi connectivity index (χ0v) is 12.6. The van der Waals surface area contributed by atoms with Crippen molar-refractivity contribution in [2.24, 2.45) is 0 Å². The number of Topliss-reactive ketones (excluding diaryl/α,β-unsaturated/α-hetero) is 1. The van der Waals surface area contributed by atoms with E-state index in [2.05, 4.69) is 0 Å². The third-order valence-electron chi connectivity index (χ3n) is 3.61. The highest BCUT2D eigenvalue weighted by Gasteiger charge is 2.15. The summed E-state index contributed by atoms with van der Waals surface area (Å²) < 4.78 is 4.95. The highest BCUT2D eigenvalue weighted by atomic mass is 16.5. The Kier molecular flexibility index (Phi) is 4.16. The second-order valence-corrected chi connectivity index (χ2v) is 5.26. The number of hydrogen-bond donors (Lipinski definition) is 2. The molecule has 0 bridgehead atoms. The SMILES string of the molecule is O=C(COC(=O)c1ccc(O)cc1O)c1ccc2ccccc2c1. The second-order valence-electron chi connectivity index (χ2n) is 5.26. The minimum atomic E-state index is -0.832. The van der Waals surface area contributed by atoms with Gasteiger partial charge >= 0.3 is 5.97 Å². The molecule has 0 atom stereocenters. The number of fused-ring (bicyclic) bond motifs is 1. The predicted octanol–water partition coefficient (Wildman–Crippen LogP) is 3.29. The lowest BCUT2D eigenvalue weighted by molar-refractivity contribution is 0.0472. The van der Waals surface area contributed by atoms with Crippen molar-refractivity contribution in [2.75, 3.05) is 6.61 Å². The molecule has 3 aromatic rings. The van der Waals surface area contributed by atoms with Crippen LogP contribution < -0.4 is 0 Å². The van der Waals surface area contributed by atoms with E-state index in [0.29, 0.717) is 5.56 Å². The van der Waals surface area contributed by atoms with Crippen LogP contribution in [0.3, 0.4) is 0 Å². The van der Waals surface area contributed by atoms with Gasteiger partial charge in [0.2, 0.25) is 0 Å². The lowest BCUT2D eigenvalue weighted by atomic mass is 10.0. The van der Waals surface area contributed by atoms with Crippen molar-refractivity contribution in [3.8, 4) is 11.5 Å². The molecule has 2 N–H and O–H groups in total. The number of ketones is 1. The van der Waals surface area contributed by atoms with Crippen LogP contribution in [0.1, 0.15) is 20.7 Å². The van der Waals surface area contributed by atoms with Gasteiger partial charge in [0.05, 0.1) is 0 Å². The molecule has 3 aromatic carbocycles. The van der Waals surface area contributed by atoms with Gasteiger partial charge in [0.25, 0.3) is 0 Å². The largest absolute Gasteiger partial charge is 0.508 e. The van der Waals surface area contributed by atoms with Gasteiger partial charge in [0.15, 0.2) is 12.4 Å². The quantitative estimate of drug-likeness (QED) is 0.569. The number of rotatable bonds is 4. The highest BCUT2D eigenvalue weighted by Crippen LogP contribution is 2.23. The van der Waals surface area contributed by atoms with E-state index in [0.717, 1.165) is 16.8 Å². The van der Waals surface area contributed by atoms with E-state index in [1.807, 2.05) is 30.3 Å². The molecule has 5 heteroatoms. The fraction of sp³-hybridized carbons (Fsp3) is 0.0526. The van der Waals surface area contributed by atoms with Gasteiger partial charge in [-0.25, -0.2) is 4.79 Å². The second kappa shape index (κ2) is 6.42. The maximum absolute atomic E-state index is 12.2. The molecule has 5 nitrogen and oxygen atoms in total. The zero-order chi connectivity index (χ0) is 17.1. The molecule has 120 valence electrons. The lowest BCUT2D eigenvalue weighted by Crippen LogP contribution is -2.14. The van der Waals surface area contributed by atoms with Crippen LogP contribution in [-0.4, -0.2) is 28.6 Å². The smallest absolute Gasteiger partial charge is 0.342 e. The van der Waals surface area contributed by atoms with E-state index in [1.54, 1.807) is 12.1 Å². The van der Waals surface area contributed by atoms with Crippen molar-refractivity contribution >= 4 is 22.5 Å². The Bertz CT molecular complexity index is 930. The highest BCUT2D eigenvalue weighted by molar-refractivity contribution is 6.02. The molecule has 0 aliphatic carbocycles. The Hall–Kier alpha value is -3.34. The molecular formula is C19H14O5. The van der Waals surface area contributed by atoms with E-state index in [9.17, 15) is 19.8 Å². The van der Waals surface area contributed by atoms with Crippen molar-refractivity contribution in [1.29, 1.82) is 0 Å². The average molecular weight is 322 g/mol. The summed E-state index contributed by atoms with van der Waals surface area (Å²) >= 11 is 0. The summed E-state index contributed by atoms with van der Waals surface area (Å²) in [5.41, 5.74) is 0.329. The molecule has 0 fully saturated rings. The Labute approximate surface area is 137 Å². The summed E-state index contributed by atoms with van der Waals surface area (Å²) in [6.45, 7) is -0.433. The summed E-state index contributed by atoms with van der Waals surface area (Å²) in [7, 11) is 0. The van der Waals surface area contributed by atoms with Gasteiger partial charge in [-0.05, 0) is 29.0 Å². The van der Waals surface area contributed by atoms with Crippen LogP contribution in [0.25, 0.3) is 10.8 Å². The molecule has 0 saturated carbocycles. The Morgan fingerprint density at radius 3 is 2.38 bits per heavy atom. The van der Waals surface area contributed by atoms with Crippen LogP contribution in [-0.2, 0) is 4.74 Å². The molecule has 0 spiro atoms. The Morgan fingerprint density at radius 2 is 1.62 bits per heavy atom. The van der Waals surface area contributed by atoms with Crippen LogP contribution in [0.5, 0.6) is 11.5 Å². The van der Waals surface area contributed by atoms with E-state index in [-0.39, 0.29) is 17.1 Å². The summed E-state index contributed by atoms with van der Waals surface area (Å²) in [4.78, 5) is 24.1. The number of esters is 1. The first-order chi connectivity index (χ1) is 11.5. The van der Waals surface area contributed by atoms with E-state index >= 15 is 0 Å². The number of benzene rings is 3. The number of phenolic OH excluding ortho intramolecular Hbond substituents is 2. The van der Waals surface area contributed by atoms with Crippen molar-refractivity contribution in [1.82, 2.24) is 0 Å². The molecule has 0 heterocycles. The Balaban J connectivity index is 1.71. The summed E-state index contributed by atoms with van der Waals surface area (Å²) in [5, 5.41) is 20.8. The number of aromatic hydroxyl groups is 2. The topological polar surface area (TPSA) is 83.8 Å². The van der Waals surface area contributed by atoms with Gasteiger partial charge in [-0.3, -0.25) is 4.79 Å². The van der Waals surface area contributed by atoms with Gasteiger partial charge in [-0.1, -0.05) is 36.4 Å². The van der Waals surface area contributed by atoms with Gasteiger partial charge in [0.1, 0.15) is 17.1 Å². The van der Waals surface area contributed by atoms with Gasteiger partial charge in [-0.2, -0.15) is 0 Å². The molecule has 0 amide bonds. The molecule has 0 saturated heterocycles. The third kappa shape index (κ3) is 3.20. The average Bonchev–Trinajstić information content (AvgIpc) is 2.59. The van der Waals surface area contributed by atoms with Crippen LogP contribution in [0.4, 0.5) is 0 Å². The van der Waals surface area contributed by atoms with Crippen LogP contribution in [0.2, 0.25) is 0 Å². The van der Waals surface area contributed by atoms with Crippen LogP contribution in [0.15, 0.2) is 60.7 Å². The first kappa shape index (κ1) is 15.6. The fourth-order valence-electron chi connectivity index (χ4n) is 2.35. The number of hydrogen-bond acceptors (Lipinski definition) is 5. The molecule has 0 unspecified atom stereocenters. The van der Waals surface area contributed by atoms with Crippen molar-refractivity contribution in [2.45, 2.75) is 0 Å². The minimum absolute atomic E-state index is 0.112. The summed E-state index contributed by atoms with van der Waals surface area (Å²) in [6, 6.07) is 16.4. The molecule has 0 aromatic heterocycles. The molecule has 0 aliphatic rings. The zero-order valence-electron chi connectivity index (χ0n) is 12.6. The maximum atomic E-state index is 12.2. The molecule has 24 heavy (non-hydrogen) atoms. The number of phenols is 2.